The Balaban J connectivity index is 2.37. The molecule has 0 amide bonds. The molecule has 4 heteroatoms. The van der Waals surface area contributed by atoms with E-state index in [1.807, 2.05) is 13.8 Å². The Labute approximate surface area is 110 Å². The van der Waals surface area contributed by atoms with Gasteiger partial charge in [0.15, 0.2) is 11.6 Å². The molecule has 0 aliphatic heterocycles. The van der Waals surface area contributed by atoms with E-state index in [0.717, 1.165) is 11.1 Å². The van der Waals surface area contributed by atoms with Gasteiger partial charge in [0.2, 0.25) is 0 Å². The summed E-state index contributed by atoms with van der Waals surface area (Å²) in [7, 11) is 1.45. The molecular formula is C14H16FNOS. The molecule has 0 aliphatic rings. The lowest BCUT2D eigenvalue weighted by Gasteiger charge is -2.13. The lowest BCUT2D eigenvalue weighted by atomic mass is 10.00. The summed E-state index contributed by atoms with van der Waals surface area (Å²) in [6, 6.07) is 6.62. The fraction of sp³-hybridized carbons (Fsp3) is 0.286. The van der Waals surface area contributed by atoms with E-state index in [0.29, 0.717) is 0 Å². The number of aryl methyl sites for hydroxylation is 2. The zero-order valence-corrected chi connectivity index (χ0v) is 11.5. The average Bonchev–Trinajstić information content (AvgIpc) is 2.67. The second-order valence-corrected chi connectivity index (χ2v) is 5.70. The van der Waals surface area contributed by atoms with Crippen molar-refractivity contribution in [2.45, 2.75) is 19.9 Å². The normalized spacial score (nSPS) is 12.5. The monoisotopic (exact) mass is 265 g/mol. The Morgan fingerprint density at radius 1 is 1.28 bits per heavy atom. The molecule has 1 heterocycles. The fourth-order valence-electron chi connectivity index (χ4n) is 2.01. The number of ether oxygens (including phenoxy) is 1. The van der Waals surface area contributed by atoms with Crippen molar-refractivity contribution in [3.8, 4) is 5.75 Å². The standard InChI is InChI=1S/C14H16FNOS/c1-8-6-11(9(2)18-8)14(16)10-4-5-13(17-3)12(15)7-10/h4-7,14H,16H2,1-3H3. The molecule has 0 saturated heterocycles. The smallest absolute Gasteiger partial charge is 0.165 e. The van der Waals surface area contributed by atoms with Crippen molar-refractivity contribution in [2.24, 2.45) is 5.73 Å². The highest BCUT2D eigenvalue weighted by Crippen LogP contribution is 2.30. The third-order valence-electron chi connectivity index (χ3n) is 2.95. The van der Waals surface area contributed by atoms with Gasteiger partial charge in [-0.25, -0.2) is 4.39 Å². The minimum Gasteiger partial charge on any atom is -0.494 e. The molecule has 2 nitrogen and oxygen atoms in total. The van der Waals surface area contributed by atoms with Crippen LogP contribution in [-0.4, -0.2) is 7.11 Å². The highest BCUT2D eigenvalue weighted by Gasteiger charge is 2.15. The van der Waals surface area contributed by atoms with E-state index < -0.39 is 0 Å². The quantitative estimate of drug-likeness (QED) is 0.921. The third-order valence-corrected chi connectivity index (χ3v) is 3.93. The average molecular weight is 265 g/mol. The minimum absolute atomic E-state index is 0.240. The van der Waals surface area contributed by atoms with E-state index in [1.54, 1.807) is 23.5 Å². The number of hydrogen-bond acceptors (Lipinski definition) is 3. The number of rotatable bonds is 3. The van der Waals surface area contributed by atoms with Gasteiger partial charge in [0.05, 0.1) is 13.2 Å². The lowest BCUT2D eigenvalue weighted by Crippen LogP contribution is -2.12. The highest BCUT2D eigenvalue weighted by molar-refractivity contribution is 7.12. The molecule has 0 fully saturated rings. The van der Waals surface area contributed by atoms with Gasteiger partial charge in [-0.15, -0.1) is 11.3 Å². The van der Waals surface area contributed by atoms with Crippen molar-refractivity contribution in [1.29, 1.82) is 0 Å². The van der Waals surface area contributed by atoms with Crippen molar-refractivity contribution in [3.63, 3.8) is 0 Å². The molecule has 1 aromatic heterocycles. The summed E-state index contributed by atoms with van der Waals surface area (Å²) < 4.78 is 18.6. The molecule has 1 unspecified atom stereocenters. The van der Waals surface area contributed by atoms with Gasteiger partial charge < -0.3 is 10.5 Å². The molecule has 0 bridgehead atoms. The van der Waals surface area contributed by atoms with E-state index in [4.69, 9.17) is 10.5 Å². The van der Waals surface area contributed by atoms with Crippen molar-refractivity contribution in [2.75, 3.05) is 7.11 Å². The third kappa shape index (κ3) is 2.40. The van der Waals surface area contributed by atoms with Crippen LogP contribution in [0.2, 0.25) is 0 Å². The number of thiophene rings is 1. The van der Waals surface area contributed by atoms with E-state index in [2.05, 4.69) is 6.07 Å². The van der Waals surface area contributed by atoms with Crippen LogP contribution in [0.4, 0.5) is 4.39 Å². The van der Waals surface area contributed by atoms with E-state index in [-0.39, 0.29) is 17.6 Å². The molecule has 2 aromatic rings. The summed E-state index contributed by atoms with van der Waals surface area (Å²) in [5.41, 5.74) is 8.01. The lowest BCUT2D eigenvalue weighted by molar-refractivity contribution is 0.386. The predicted molar refractivity (Wildman–Crippen MR) is 72.8 cm³/mol. The van der Waals surface area contributed by atoms with Crippen molar-refractivity contribution >= 4 is 11.3 Å². The SMILES string of the molecule is COc1ccc(C(N)c2cc(C)sc2C)cc1F. The molecule has 0 saturated carbocycles. The Bertz CT molecular complexity index is 565. The Morgan fingerprint density at radius 2 is 2.00 bits per heavy atom. The molecule has 2 N–H and O–H groups in total. The molecular weight excluding hydrogens is 249 g/mol. The van der Waals surface area contributed by atoms with Gasteiger partial charge >= 0.3 is 0 Å². The van der Waals surface area contributed by atoms with Crippen molar-refractivity contribution in [3.05, 3.63) is 51.0 Å². The van der Waals surface area contributed by atoms with Crippen LogP contribution in [0.5, 0.6) is 5.75 Å². The van der Waals surface area contributed by atoms with Gasteiger partial charge in [0.1, 0.15) is 0 Å². The minimum atomic E-state index is -0.380. The molecule has 0 aliphatic carbocycles. The van der Waals surface area contributed by atoms with E-state index in [9.17, 15) is 4.39 Å². The molecule has 96 valence electrons. The molecule has 1 atom stereocenters. The van der Waals surface area contributed by atoms with E-state index >= 15 is 0 Å². The highest BCUT2D eigenvalue weighted by atomic mass is 32.1. The van der Waals surface area contributed by atoms with Crippen molar-refractivity contribution < 1.29 is 9.13 Å². The van der Waals surface area contributed by atoms with Crippen LogP contribution < -0.4 is 10.5 Å². The second kappa shape index (κ2) is 5.08. The topological polar surface area (TPSA) is 35.2 Å². The number of nitrogens with two attached hydrogens (primary N) is 1. The van der Waals surface area contributed by atoms with Crippen LogP contribution >= 0.6 is 11.3 Å². The van der Waals surface area contributed by atoms with Crippen LogP contribution in [0.15, 0.2) is 24.3 Å². The molecule has 0 spiro atoms. The molecule has 18 heavy (non-hydrogen) atoms. The first kappa shape index (κ1) is 13.1. The maximum Gasteiger partial charge on any atom is 0.165 e. The summed E-state index contributed by atoms with van der Waals surface area (Å²) in [5.74, 6) is -0.140. The van der Waals surface area contributed by atoms with Gasteiger partial charge in [0.25, 0.3) is 0 Å². The Hall–Kier alpha value is -1.39. The summed E-state index contributed by atoms with van der Waals surface area (Å²) in [4.78, 5) is 2.39. The second-order valence-electron chi connectivity index (χ2n) is 4.24. The van der Waals surface area contributed by atoms with Gasteiger partial charge in [-0.2, -0.15) is 0 Å². The van der Waals surface area contributed by atoms with Gasteiger partial charge in [-0.1, -0.05) is 6.07 Å². The van der Waals surface area contributed by atoms with Crippen LogP contribution in [0.25, 0.3) is 0 Å². The summed E-state index contributed by atoms with van der Waals surface area (Å²) >= 11 is 1.71. The van der Waals surface area contributed by atoms with Crippen LogP contribution in [0.1, 0.15) is 26.9 Å². The largest absolute Gasteiger partial charge is 0.494 e. The summed E-state index contributed by atoms with van der Waals surface area (Å²) in [6.07, 6.45) is 0. The fourth-order valence-corrected chi connectivity index (χ4v) is 2.99. The summed E-state index contributed by atoms with van der Waals surface area (Å²) in [5, 5.41) is 0. The zero-order chi connectivity index (χ0) is 13.3. The van der Waals surface area contributed by atoms with Crippen LogP contribution in [0.3, 0.4) is 0 Å². The maximum absolute atomic E-state index is 13.7. The van der Waals surface area contributed by atoms with Crippen LogP contribution in [-0.2, 0) is 0 Å². The number of methoxy groups -OCH3 is 1. The zero-order valence-electron chi connectivity index (χ0n) is 10.7. The maximum atomic E-state index is 13.7. The molecule has 2 rings (SSSR count). The Morgan fingerprint density at radius 3 is 2.50 bits per heavy atom. The predicted octanol–water partition coefficient (Wildman–Crippen LogP) is 3.56. The number of hydrogen-bond donors (Lipinski definition) is 1. The molecule has 1 aromatic carbocycles. The summed E-state index contributed by atoms with van der Waals surface area (Å²) in [6.45, 7) is 4.08. The van der Waals surface area contributed by atoms with Crippen molar-refractivity contribution in [1.82, 2.24) is 0 Å². The van der Waals surface area contributed by atoms with Gasteiger partial charge in [-0.3, -0.25) is 0 Å². The first-order chi connectivity index (χ1) is 8.52. The number of benzene rings is 1. The first-order valence-corrected chi connectivity index (χ1v) is 6.50. The first-order valence-electron chi connectivity index (χ1n) is 5.69. The van der Waals surface area contributed by atoms with Crippen LogP contribution in [0, 0.1) is 19.7 Å². The molecule has 0 radical (unpaired) electrons. The Kier molecular flexibility index (Phi) is 3.68. The van der Waals surface area contributed by atoms with Gasteiger partial charge in [0, 0.05) is 9.75 Å². The van der Waals surface area contributed by atoms with E-state index in [1.165, 1.54) is 22.9 Å². The number of halogens is 1. The van der Waals surface area contributed by atoms with Gasteiger partial charge in [-0.05, 0) is 43.2 Å².